The zero-order valence-corrected chi connectivity index (χ0v) is 17.5. The summed E-state index contributed by atoms with van der Waals surface area (Å²) in [6.45, 7) is 1.24. The third-order valence-electron chi connectivity index (χ3n) is 6.75. The number of benzene rings is 3. The van der Waals surface area contributed by atoms with Crippen LogP contribution in [-0.4, -0.2) is 61.2 Å². The van der Waals surface area contributed by atoms with Gasteiger partial charge in [-0.15, -0.1) is 0 Å². The summed E-state index contributed by atoms with van der Waals surface area (Å²) in [6, 6.07) is 10.5. The molecule has 2 N–H and O–H groups in total. The minimum Gasteiger partial charge on any atom is -0.497 e. The topological polar surface area (TPSA) is 71.4 Å². The third kappa shape index (κ3) is 2.90. The number of hydrogen-bond donors (Lipinski definition) is 2. The van der Waals surface area contributed by atoms with Gasteiger partial charge in [0.1, 0.15) is 5.75 Å². The molecule has 1 fully saturated rings. The Labute approximate surface area is 175 Å². The Morgan fingerprint density at radius 3 is 2.20 bits per heavy atom. The number of hydrogen-bond acceptors (Lipinski definition) is 6. The number of ether oxygens (including phenoxy) is 3. The molecule has 1 saturated heterocycles. The Hall–Kier alpha value is -2.54. The second kappa shape index (κ2) is 7.30. The summed E-state index contributed by atoms with van der Waals surface area (Å²) in [5, 5.41) is 25.0. The number of aliphatic hydroxyl groups is 2. The average molecular weight is 409 g/mol. The van der Waals surface area contributed by atoms with Gasteiger partial charge in [-0.1, -0.05) is 6.07 Å². The molecule has 158 valence electrons. The van der Waals surface area contributed by atoms with E-state index in [2.05, 4.69) is 23.1 Å². The number of methoxy groups -OCH3 is 3. The van der Waals surface area contributed by atoms with E-state index in [1.807, 2.05) is 12.1 Å². The van der Waals surface area contributed by atoms with Crippen molar-refractivity contribution in [3.8, 4) is 17.2 Å². The van der Waals surface area contributed by atoms with Crippen molar-refractivity contribution in [2.75, 3.05) is 27.9 Å². The van der Waals surface area contributed by atoms with Gasteiger partial charge in [-0.05, 0) is 69.8 Å². The van der Waals surface area contributed by atoms with Gasteiger partial charge in [-0.25, -0.2) is 0 Å². The third-order valence-corrected chi connectivity index (χ3v) is 6.75. The Kier molecular flexibility index (Phi) is 4.73. The fraction of sp³-hybridized carbons (Fsp3) is 0.417. The molecular formula is C24H27NO5. The molecule has 5 rings (SSSR count). The molecule has 0 radical (unpaired) electrons. The van der Waals surface area contributed by atoms with Crippen molar-refractivity contribution < 1.29 is 24.4 Å². The van der Waals surface area contributed by atoms with Gasteiger partial charge in [0, 0.05) is 19.1 Å². The molecule has 0 bridgehead atoms. The lowest BCUT2D eigenvalue weighted by Crippen LogP contribution is -2.54. The largest absolute Gasteiger partial charge is 0.497 e. The van der Waals surface area contributed by atoms with E-state index >= 15 is 0 Å². The molecule has 6 nitrogen and oxygen atoms in total. The van der Waals surface area contributed by atoms with Crippen LogP contribution in [-0.2, 0) is 13.0 Å². The van der Waals surface area contributed by atoms with Crippen LogP contribution in [0.1, 0.15) is 17.5 Å². The van der Waals surface area contributed by atoms with E-state index in [1.165, 1.54) is 16.5 Å². The van der Waals surface area contributed by atoms with Gasteiger partial charge >= 0.3 is 0 Å². The van der Waals surface area contributed by atoms with E-state index < -0.39 is 12.2 Å². The van der Waals surface area contributed by atoms with Crippen molar-refractivity contribution in [1.82, 2.24) is 4.90 Å². The van der Waals surface area contributed by atoms with E-state index in [4.69, 9.17) is 14.2 Å². The first-order valence-electron chi connectivity index (χ1n) is 10.3. The number of piperidine rings is 1. The quantitative estimate of drug-likeness (QED) is 0.649. The lowest BCUT2D eigenvalue weighted by Gasteiger charge is -2.44. The molecule has 0 aliphatic carbocycles. The molecule has 30 heavy (non-hydrogen) atoms. The van der Waals surface area contributed by atoms with Gasteiger partial charge in [0.05, 0.1) is 33.5 Å². The summed E-state index contributed by atoms with van der Waals surface area (Å²) in [5.41, 5.74) is 2.56. The fourth-order valence-corrected chi connectivity index (χ4v) is 5.17. The van der Waals surface area contributed by atoms with E-state index in [0.29, 0.717) is 24.5 Å². The molecule has 3 aromatic carbocycles. The minimum atomic E-state index is -0.695. The standard InChI is InChI=1S/C24H27NO5/c1-28-14-4-5-15-17(8-14)19-10-24(30-3)23(29-2)9-18(19)16-6-13-7-21(26)22(27)12-25(13)11-20(15)16/h4-5,8-10,13,21-22,26-27H,6-7,11-12H2,1-3H3. The summed E-state index contributed by atoms with van der Waals surface area (Å²) >= 11 is 0. The molecule has 3 unspecified atom stereocenters. The molecule has 2 aliphatic heterocycles. The summed E-state index contributed by atoms with van der Waals surface area (Å²) in [7, 11) is 4.98. The zero-order chi connectivity index (χ0) is 21.0. The molecule has 0 amide bonds. The molecule has 0 spiro atoms. The molecule has 3 atom stereocenters. The van der Waals surface area contributed by atoms with E-state index in [1.54, 1.807) is 21.3 Å². The van der Waals surface area contributed by atoms with Crippen LogP contribution in [0.5, 0.6) is 17.2 Å². The number of fused-ring (bicyclic) bond motifs is 7. The maximum atomic E-state index is 10.2. The first kappa shape index (κ1) is 19.4. The second-order valence-electron chi connectivity index (χ2n) is 8.28. The lowest BCUT2D eigenvalue weighted by molar-refractivity contribution is -0.0663. The number of aliphatic hydroxyl groups excluding tert-OH is 2. The SMILES string of the molecule is COc1ccc2c3c(c4cc(OC)c(OC)cc4c2c1)CC1CC(O)C(O)CN1C3. The highest BCUT2D eigenvalue weighted by atomic mass is 16.5. The lowest BCUT2D eigenvalue weighted by atomic mass is 9.81. The Bertz CT molecular complexity index is 1130. The van der Waals surface area contributed by atoms with Crippen molar-refractivity contribution in [3.05, 3.63) is 41.5 Å². The molecule has 2 heterocycles. The summed E-state index contributed by atoms with van der Waals surface area (Å²) in [4.78, 5) is 2.30. The number of rotatable bonds is 3. The first-order valence-corrected chi connectivity index (χ1v) is 10.3. The highest BCUT2D eigenvalue weighted by Gasteiger charge is 2.37. The van der Waals surface area contributed by atoms with Crippen LogP contribution in [0.15, 0.2) is 30.3 Å². The van der Waals surface area contributed by atoms with Gasteiger partial charge in [0.2, 0.25) is 0 Å². The van der Waals surface area contributed by atoms with Gasteiger partial charge in [-0.3, -0.25) is 4.90 Å². The van der Waals surface area contributed by atoms with E-state index in [9.17, 15) is 10.2 Å². The maximum Gasteiger partial charge on any atom is 0.161 e. The van der Waals surface area contributed by atoms with Crippen LogP contribution >= 0.6 is 0 Å². The molecule has 0 aromatic heterocycles. The van der Waals surface area contributed by atoms with Gasteiger partial charge in [-0.2, -0.15) is 0 Å². The predicted octanol–water partition coefficient (Wildman–Crippen LogP) is 2.87. The van der Waals surface area contributed by atoms with Crippen LogP contribution in [0.25, 0.3) is 21.5 Å². The second-order valence-corrected chi connectivity index (χ2v) is 8.28. The highest BCUT2D eigenvalue weighted by molar-refractivity contribution is 6.12. The molecule has 2 aliphatic rings. The molecule has 0 saturated carbocycles. The summed E-state index contributed by atoms with van der Waals surface area (Å²) in [6.07, 6.45) is 0.0423. The molecule has 6 heteroatoms. The smallest absolute Gasteiger partial charge is 0.161 e. The summed E-state index contributed by atoms with van der Waals surface area (Å²) in [5.74, 6) is 2.21. The van der Waals surface area contributed by atoms with Crippen LogP contribution < -0.4 is 14.2 Å². The van der Waals surface area contributed by atoms with Crippen molar-refractivity contribution >= 4 is 21.5 Å². The Morgan fingerprint density at radius 1 is 0.800 bits per heavy atom. The van der Waals surface area contributed by atoms with Crippen molar-refractivity contribution in [2.45, 2.75) is 37.6 Å². The maximum absolute atomic E-state index is 10.2. The minimum absolute atomic E-state index is 0.211. The molecule has 3 aromatic rings. The van der Waals surface area contributed by atoms with Crippen molar-refractivity contribution in [1.29, 1.82) is 0 Å². The highest BCUT2D eigenvalue weighted by Crippen LogP contribution is 2.44. The number of nitrogens with zero attached hydrogens (tertiary/aromatic N) is 1. The van der Waals surface area contributed by atoms with Crippen LogP contribution in [0.3, 0.4) is 0 Å². The van der Waals surface area contributed by atoms with E-state index in [-0.39, 0.29) is 6.04 Å². The van der Waals surface area contributed by atoms with Gasteiger partial charge in [0.15, 0.2) is 11.5 Å². The van der Waals surface area contributed by atoms with E-state index in [0.717, 1.165) is 34.9 Å². The van der Waals surface area contributed by atoms with Crippen molar-refractivity contribution in [3.63, 3.8) is 0 Å². The predicted molar refractivity (Wildman–Crippen MR) is 116 cm³/mol. The summed E-state index contributed by atoms with van der Waals surface area (Å²) < 4.78 is 16.7. The Balaban J connectivity index is 1.80. The molecular weight excluding hydrogens is 382 g/mol. The van der Waals surface area contributed by atoms with Crippen molar-refractivity contribution in [2.24, 2.45) is 0 Å². The van der Waals surface area contributed by atoms with Gasteiger partial charge < -0.3 is 24.4 Å². The normalized spacial score (nSPS) is 23.8. The van der Waals surface area contributed by atoms with Crippen LogP contribution in [0, 0.1) is 0 Å². The van der Waals surface area contributed by atoms with Crippen LogP contribution in [0.2, 0.25) is 0 Å². The fourth-order valence-electron chi connectivity index (χ4n) is 5.17. The Morgan fingerprint density at radius 2 is 1.50 bits per heavy atom. The zero-order valence-electron chi connectivity index (χ0n) is 17.5. The van der Waals surface area contributed by atoms with Crippen LogP contribution in [0.4, 0.5) is 0 Å². The van der Waals surface area contributed by atoms with Gasteiger partial charge in [0.25, 0.3) is 0 Å². The monoisotopic (exact) mass is 409 g/mol. The first-order chi connectivity index (χ1) is 14.5. The average Bonchev–Trinajstić information content (AvgIpc) is 2.77.